The van der Waals surface area contributed by atoms with Gasteiger partial charge in [0.15, 0.2) is 0 Å². The molecule has 6 nitrogen and oxygen atoms in total. The fourth-order valence-corrected chi connectivity index (χ4v) is 6.77. The molecule has 0 radical (unpaired) electrons. The van der Waals surface area contributed by atoms with Crippen LogP contribution in [0.15, 0.2) is 24.3 Å². The third-order valence-corrected chi connectivity index (χ3v) is 9.72. The molecule has 0 saturated heterocycles. The van der Waals surface area contributed by atoms with Crippen molar-refractivity contribution in [2.24, 2.45) is 0 Å². The van der Waals surface area contributed by atoms with Crippen LogP contribution in [-0.2, 0) is 55.9 Å². The van der Waals surface area contributed by atoms with E-state index in [2.05, 4.69) is 61.7 Å². The van der Waals surface area contributed by atoms with Crippen LogP contribution in [0.3, 0.4) is 0 Å². The average molecular weight is 877 g/mol. The van der Waals surface area contributed by atoms with Crippen LogP contribution in [0.25, 0.3) is 0 Å². The molecule has 11 heteroatoms. The molecule has 0 aliphatic carbocycles. The first kappa shape index (κ1) is 58.2. The number of hydrogen-bond acceptors (Lipinski definition) is 2. The molecule has 0 spiro atoms. The van der Waals surface area contributed by atoms with E-state index in [1.165, 1.54) is 218 Å². The fraction of sp³-hybridized carbons (Fsp3) is 0.857. The van der Waals surface area contributed by atoms with E-state index in [-0.39, 0.29) is 19.5 Å². The zero-order valence-electron chi connectivity index (χ0n) is 34.5. The van der Waals surface area contributed by atoms with E-state index in [0.29, 0.717) is 0 Å². The van der Waals surface area contributed by atoms with Crippen LogP contribution in [0.5, 0.6) is 0 Å². The molecule has 1 rings (SSSR count). The number of rotatable bonds is 34. The SMILES string of the molecule is CCCCCCCCCCCCCCCCCCc1ccccc1CCCCCCCCCCCCCCCCCC.OP(O)(O)=S.OP(O)(O)=S.[Zn]. The number of aryl methyl sites for hydroxylation is 2. The van der Waals surface area contributed by atoms with Gasteiger partial charge in [0.05, 0.1) is 0 Å². The van der Waals surface area contributed by atoms with E-state index >= 15 is 0 Å². The van der Waals surface area contributed by atoms with Gasteiger partial charge < -0.3 is 29.4 Å². The predicted octanol–water partition coefficient (Wildman–Crippen LogP) is 13.7. The first-order chi connectivity index (χ1) is 24.9. The minimum absolute atomic E-state index is 0. The molecule has 0 heterocycles. The van der Waals surface area contributed by atoms with Gasteiger partial charge in [-0.2, -0.15) is 0 Å². The molecule has 0 aliphatic heterocycles. The summed E-state index contributed by atoms with van der Waals surface area (Å²) in [5.74, 6) is 0. The van der Waals surface area contributed by atoms with E-state index in [1.807, 2.05) is 0 Å². The van der Waals surface area contributed by atoms with Crippen molar-refractivity contribution in [3.8, 4) is 0 Å². The Morgan fingerprint density at radius 2 is 0.491 bits per heavy atom. The number of unbranched alkanes of at least 4 members (excludes halogenated alkanes) is 30. The smallest absolute Gasteiger partial charge is 0.319 e. The van der Waals surface area contributed by atoms with Gasteiger partial charge in [0.25, 0.3) is 0 Å². The summed E-state index contributed by atoms with van der Waals surface area (Å²) in [6, 6.07) is 9.35. The minimum atomic E-state index is -3.81. The standard InChI is InChI=1S/C42H78.2H3O3PS.Zn/c1-3-5-7-9-11-13-15-17-19-21-23-25-27-29-31-33-37-41-39-35-36-40-42(41)38-34-32-30-28-26-24-22-20-18-16-14-12-10-8-6-4-2;2*1-4(2,3)5;/h35-36,39-40H,3-34,37-38H2,1-2H3;2*(H3,1,2,3,5);. The van der Waals surface area contributed by atoms with Gasteiger partial charge in [0.2, 0.25) is 0 Å². The molecule has 0 aromatic heterocycles. The van der Waals surface area contributed by atoms with Gasteiger partial charge in [-0.1, -0.05) is 231 Å². The maximum absolute atomic E-state index is 7.56. The largest absolute Gasteiger partial charge is 0.325 e. The van der Waals surface area contributed by atoms with Gasteiger partial charge >= 0.3 is 13.4 Å². The summed E-state index contributed by atoms with van der Waals surface area (Å²) in [6.07, 6.45) is 49.1. The molecule has 1 aromatic carbocycles. The molecule has 53 heavy (non-hydrogen) atoms. The van der Waals surface area contributed by atoms with Crippen LogP contribution in [0, 0.1) is 0 Å². The van der Waals surface area contributed by atoms with E-state index in [1.54, 1.807) is 11.1 Å². The van der Waals surface area contributed by atoms with Gasteiger partial charge in [-0.15, -0.1) is 0 Å². The van der Waals surface area contributed by atoms with E-state index < -0.39 is 13.4 Å². The zero-order chi connectivity index (χ0) is 39.0. The Labute approximate surface area is 351 Å². The number of benzene rings is 1. The Morgan fingerprint density at radius 3 is 0.660 bits per heavy atom. The van der Waals surface area contributed by atoms with Crippen molar-refractivity contribution in [1.82, 2.24) is 0 Å². The first-order valence-electron chi connectivity index (χ1n) is 21.5. The second kappa shape index (κ2) is 44.0. The molecule has 312 valence electrons. The van der Waals surface area contributed by atoms with Crippen LogP contribution in [0.1, 0.15) is 230 Å². The Kier molecular flexibility index (Phi) is 48.4. The first-order valence-corrected chi connectivity index (χ1v) is 26.8. The van der Waals surface area contributed by atoms with Crippen molar-refractivity contribution in [3.63, 3.8) is 0 Å². The Hall–Kier alpha value is 0.903. The maximum atomic E-state index is 7.56. The normalized spacial score (nSPS) is 11.3. The maximum Gasteiger partial charge on any atom is 0.319 e. The van der Waals surface area contributed by atoms with Crippen molar-refractivity contribution in [2.75, 3.05) is 0 Å². The zero-order valence-corrected chi connectivity index (χ0v) is 40.8. The summed E-state index contributed by atoms with van der Waals surface area (Å²) >= 11 is 7.21. The molecule has 0 unspecified atom stereocenters. The van der Waals surface area contributed by atoms with Gasteiger partial charge in [0.1, 0.15) is 0 Å². The topological polar surface area (TPSA) is 121 Å². The van der Waals surface area contributed by atoms with Crippen molar-refractivity contribution in [2.45, 2.75) is 232 Å². The molecule has 6 N–H and O–H groups in total. The van der Waals surface area contributed by atoms with Crippen LogP contribution in [0.2, 0.25) is 0 Å². The fourth-order valence-electron chi connectivity index (χ4n) is 6.77. The second-order valence-corrected chi connectivity index (χ2v) is 19.9. The molecule has 0 aliphatic rings. The molecule has 0 fully saturated rings. The Morgan fingerprint density at radius 1 is 0.340 bits per heavy atom. The van der Waals surface area contributed by atoms with Gasteiger partial charge in [0, 0.05) is 19.5 Å². The van der Waals surface area contributed by atoms with Gasteiger partial charge in [-0.3, -0.25) is 0 Å². The molecule has 0 saturated carbocycles. The molecule has 0 bridgehead atoms. The summed E-state index contributed by atoms with van der Waals surface area (Å²) in [5.41, 5.74) is 3.28. The average Bonchev–Trinajstić information content (AvgIpc) is 3.07. The predicted molar refractivity (Wildman–Crippen MR) is 235 cm³/mol. The number of hydrogen-bond donors (Lipinski definition) is 6. The van der Waals surface area contributed by atoms with Crippen molar-refractivity contribution in [1.29, 1.82) is 0 Å². The van der Waals surface area contributed by atoms with Crippen molar-refractivity contribution >= 4 is 37.1 Å². The van der Waals surface area contributed by atoms with Crippen LogP contribution in [-0.4, -0.2) is 29.4 Å². The van der Waals surface area contributed by atoms with E-state index in [0.717, 1.165) is 0 Å². The van der Waals surface area contributed by atoms with Crippen molar-refractivity contribution in [3.05, 3.63) is 35.4 Å². The third kappa shape index (κ3) is 59.7. The summed E-state index contributed by atoms with van der Waals surface area (Å²) in [5, 5.41) is 0. The van der Waals surface area contributed by atoms with Crippen LogP contribution in [0.4, 0.5) is 0 Å². The third-order valence-electron chi connectivity index (χ3n) is 9.72. The second-order valence-electron chi connectivity index (χ2n) is 14.9. The van der Waals surface area contributed by atoms with E-state index in [4.69, 9.17) is 29.4 Å². The summed E-state index contributed by atoms with van der Waals surface area (Å²) < 4.78 is 0. The minimum Gasteiger partial charge on any atom is -0.325 e. The molecular weight excluding hydrogens is 792 g/mol. The molecular formula is C42H84O6P2S2Zn. The Bertz CT molecular complexity index is 872. The van der Waals surface area contributed by atoms with Crippen LogP contribution < -0.4 is 0 Å². The summed E-state index contributed by atoms with van der Waals surface area (Å²) in [7, 11) is 0. The summed E-state index contributed by atoms with van der Waals surface area (Å²) in [4.78, 5) is 45.3. The molecule has 0 amide bonds. The van der Waals surface area contributed by atoms with Crippen molar-refractivity contribution < 1.29 is 48.8 Å². The quantitative estimate of drug-likeness (QED) is 0.0230. The van der Waals surface area contributed by atoms with Gasteiger partial charge in [-0.05, 0) is 60.4 Å². The molecule has 1 aromatic rings. The summed E-state index contributed by atoms with van der Waals surface area (Å²) in [6.45, 7) is -2.99. The van der Waals surface area contributed by atoms with Crippen LogP contribution >= 0.6 is 13.4 Å². The molecule has 0 atom stereocenters. The Balaban J connectivity index is -0.00000199. The monoisotopic (exact) mass is 874 g/mol. The van der Waals surface area contributed by atoms with E-state index in [9.17, 15) is 0 Å². The van der Waals surface area contributed by atoms with Gasteiger partial charge in [-0.25, -0.2) is 0 Å².